The molecule has 2 heterocycles. The summed E-state index contributed by atoms with van der Waals surface area (Å²) in [5.41, 5.74) is 1.17. The van der Waals surface area contributed by atoms with Gasteiger partial charge in [-0.2, -0.15) is 12.6 Å². The summed E-state index contributed by atoms with van der Waals surface area (Å²) in [5, 5.41) is 13.1. The number of carbonyl (C=O) groups is 1. The fourth-order valence-corrected chi connectivity index (χ4v) is 4.68. The third-order valence-electron chi connectivity index (χ3n) is 4.39. The number of hydrogen-bond donors (Lipinski definition) is 2. The maximum atomic E-state index is 12.6. The first kappa shape index (κ1) is 22.5. The molecule has 2 atom stereocenters. The fraction of sp³-hybridized carbons (Fsp3) is 0.412. The Labute approximate surface area is 182 Å². The number of rotatable bonds is 7. The number of sulfonamides is 1. The largest absolute Gasteiger partial charge is 0.445 e. The molecular weight excluding hydrogens is 452 g/mol. The molecule has 0 unspecified atom stereocenters. The number of benzene rings is 1. The van der Waals surface area contributed by atoms with Gasteiger partial charge in [-0.1, -0.05) is 0 Å². The molecule has 30 heavy (non-hydrogen) atoms. The first-order valence-electron chi connectivity index (χ1n) is 8.86. The minimum absolute atomic E-state index is 0.0152. The summed E-state index contributed by atoms with van der Waals surface area (Å²) in [6, 6.07) is 5.47. The van der Waals surface area contributed by atoms with E-state index in [0.29, 0.717) is 29.2 Å². The molecule has 1 aromatic heterocycles. The highest BCUT2D eigenvalue weighted by molar-refractivity contribution is 7.88. The second-order valence-corrected chi connectivity index (χ2v) is 10.3. The van der Waals surface area contributed by atoms with Crippen LogP contribution >= 0.6 is 24.0 Å². The van der Waals surface area contributed by atoms with Crippen molar-refractivity contribution < 1.29 is 22.9 Å². The average Bonchev–Trinajstić information content (AvgIpc) is 3.30. The molecule has 1 aliphatic heterocycles. The number of amides is 1. The van der Waals surface area contributed by atoms with Crippen molar-refractivity contribution in [2.75, 3.05) is 12.8 Å². The Kier molecular flexibility index (Phi) is 6.95. The third kappa shape index (κ3) is 5.90. The quantitative estimate of drug-likeness (QED) is 0.359. The topological polar surface area (TPSA) is 132 Å². The zero-order chi connectivity index (χ0) is 21.9. The van der Waals surface area contributed by atoms with E-state index < -0.39 is 21.0 Å². The molecule has 3 rings (SSSR count). The molecule has 0 radical (unpaired) electrons. The van der Waals surface area contributed by atoms with Gasteiger partial charge in [-0.3, -0.25) is 15.0 Å². The van der Waals surface area contributed by atoms with E-state index >= 15 is 0 Å². The predicted molar refractivity (Wildman–Crippen MR) is 114 cm³/mol. The van der Waals surface area contributed by atoms with Gasteiger partial charge in [0.25, 0.3) is 5.69 Å². The maximum Gasteiger partial charge on any atom is 0.410 e. The van der Waals surface area contributed by atoms with E-state index in [0.717, 1.165) is 6.26 Å². The second-order valence-electron chi connectivity index (χ2n) is 6.81. The Hall–Kier alpha value is -2.22. The number of ether oxygens (including phenoxy) is 1. The minimum atomic E-state index is -3.33. The van der Waals surface area contributed by atoms with Gasteiger partial charge < -0.3 is 4.74 Å². The van der Waals surface area contributed by atoms with Gasteiger partial charge in [0.05, 0.1) is 29.5 Å². The van der Waals surface area contributed by atoms with Crippen LogP contribution in [0.25, 0.3) is 0 Å². The third-order valence-corrected chi connectivity index (χ3v) is 6.43. The lowest BCUT2D eigenvalue weighted by molar-refractivity contribution is -0.384. The Balaban J connectivity index is 1.63. The lowest BCUT2D eigenvalue weighted by atomic mass is 10.2. The van der Waals surface area contributed by atoms with Crippen molar-refractivity contribution in [1.29, 1.82) is 0 Å². The van der Waals surface area contributed by atoms with Gasteiger partial charge in [0, 0.05) is 29.3 Å². The molecule has 10 nitrogen and oxygen atoms in total. The van der Waals surface area contributed by atoms with E-state index in [1.54, 1.807) is 10.3 Å². The molecule has 2 aromatic rings. The van der Waals surface area contributed by atoms with Crippen LogP contribution in [0.2, 0.25) is 0 Å². The van der Waals surface area contributed by atoms with E-state index in [9.17, 15) is 23.3 Å². The number of thiol groups is 1. The molecule has 1 saturated heterocycles. The predicted octanol–water partition coefficient (Wildman–Crippen LogP) is 2.48. The molecule has 1 aliphatic rings. The summed E-state index contributed by atoms with van der Waals surface area (Å²) in [6.45, 7) is 0.457. The molecule has 0 saturated carbocycles. The van der Waals surface area contributed by atoms with Crippen molar-refractivity contribution in [3.63, 3.8) is 0 Å². The zero-order valence-corrected chi connectivity index (χ0v) is 18.5. The van der Waals surface area contributed by atoms with Crippen LogP contribution < -0.4 is 4.72 Å². The molecular formula is C17H20N4O6S3. The van der Waals surface area contributed by atoms with Crippen molar-refractivity contribution in [3.8, 4) is 0 Å². The summed E-state index contributed by atoms with van der Waals surface area (Å²) >= 11 is 5.83. The van der Waals surface area contributed by atoms with E-state index in [1.807, 2.05) is 0 Å². The number of carbonyl (C=O) groups excluding carboxylic acids is 1. The van der Waals surface area contributed by atoms with Crippen molar-refractivity contribution >= 4 is 45.8 Å². The first-order valence-corrected chi connectivity index (χ1v) is 12.1. The summed E-state index contributed by atoms with van der Waals surface area (Å²) in [6.07, 6.45) is 1.15. The summed E-state index contributed by atoms with van der Waals surface area (Å²) in [5.74, 6) is 0. The van der Waals surface area contributed by atoms with Gasteiger partial charge in [-0.25, -0.2) is 22.9 Å². The SMILES string of the molecule is CS(=O)(=O)NCc1csc([C@@H]2C[C@H](S)CN2C(=O)OCc2ccc([N+](=O)[O-])cc2)n1. The number of likely N-dealkylation sites (tertiary alicyclic amines) is 1. The Morgan fingerprint density at radius 2 is 2.13 bits per heavy atom. The van der Waals surface area contributed by atoms with Gasteiger partial charge in [-0.15, -0.1) is 11.3 Å². The minimum Gasteiger partial charge on any atom is -0.445 e. The van der Waals surface area contributed by atoms with Gasteiger partial charge >= 0.3 is 6.09 Å². The van der Waals surface area contributed by atoms with E-state index in [1.165, 1.54) is 35.6 Å². The van der Waals surface area contributed by atoms with Crippen LogP contribution in [0.15, 0.2) is 29.6 Å². The highest BCUT2D eigenvalue weighted by Crippen LogP contribution is 2.36. The second kappa shape index (κ2) is 9.29. The van der Waals surface area contributed by atoms with Crippen LogP contribution in [0.1, 0.15) is 28.7 Å². The van der Waals surface area contributed by atoms with Crippen molar-refractivity contribution in [1.82, 2.24) is 14.6 Å². The van der Waals surface area contributed by atoms with Crippen LogP contribution in [0.4, 0.5) is 10.5 Å². The van der Waals surface area contributed by atoms with Gasteiger partial charge in [0.2, 0.25) is 10.0 Å². The molecule has 13 heteroatoms. The number of nitrogens with zero attached hydrogens (tertiary/aromatic N) is 3. The summed E-state index contributed by atoms with van der Waals surface area (Å²) in [7, 11) is -3.33. The molecule has 0 aliphatic carbocycles. The van der Waals surface area contributed by atoms with Crippen LogP contribution in [0.5, 0.6) is 0 Å². The highest BCUT2D eigenvalue weighted by Gasteiger charge is 2.37. The van der Waals surface area contributed by atoms with Gasteiger partial charge in [-0.05, 0) is 24.1 Å². The number of aromatic nitrogens is 1. The Bertz CT molecular complexity index is 1020. The molecule has 162 valence electrons. The van der Waals surface area contributed by atoms with Crippen LogP contribution in [-0.4, -0.2) is 47.4 Å². The Morgan fingerprint density at radius 3 is 2.77 bits per heavy atom. The molecule has 1 aromatic carbocycles. The maximum absolute atomic E-state index is 12.6. The van der Waals surface area contributed by atoms with Crippen LogP contribution in [0.3, 0.4) is 0 Å². The summed E-state index contributed by atoms with van der Waals surface area (Å²) in [4.78, 5) is 28.9. The Morgan fingerprint density at radius 1 is 1.43 bits per heavy atom. The number of nitro groups is 1. The van der Waals surface area contributed by atoms with Crippen molar-refractivity contribution in [2.45, 2.75) is 30.9 Å². The number of thiazole rings is 1. The smallest absolute Gasteiger partial charge is 0.410 e. The summed E-state index contributed by atoms with van der Waals surface area (Å²) < 4.78 is 30.3. The number of nitro benzene ring substituents is 1. The average molecular weight is 473 g/mol. The number of non-ortho nitro benzene ring substituents is 1. The van der Waals surface area contributed by atoms with Crippen molar-refractivity contribution in [3.05, 3.63) is 56.0 Å². The number of nitrogens with one attached hydrogen (secondary N) is 1. The van der Waals surface area contributed by atoms with Crippen molar-refractivity contribution in [2.24, 2.45) is 0 Å². The van der Waals surface area contributed by atoms with E-state index in [4.69, 9.17) is 4.74 Å². The van der Waals surface area contributed by atoms with E-state index in [2.05, 4.69) is 22.3 Å². The van der Waals surface area contributed by atoms with Crippen LogP contribution in [0, 0.1) is 10.1 Å². The molecule has 0 bridgehead atoms. The normalized spacial score (nSPS) is 19.1. The lowest BCUT2D eigenvalue weighted by Crippen LogP contribution is -2.31. The molecule has 1 fully saturated rings. The lowest BCUT2D eigenvalue weighted by Gasteiger charge is -2.22. The molecule has 0 spiro atoms. The molecule has 1 N–H and O–H groups in total. The monoisotopic (exact) mass is 472 g/mol. The zero-order valence-electron chi connectivity index (χ0n) is 15.9. The number of hydrogen-bond acceptors (Lipinski definition) is 9. The first-order chi connectivity index (χ1) is 14.1. The highest BCUT2D eigenvalue weighted by atomic mass is 32.2. The fourth-order valence-electron chi connectivity index (χ4n) is 2.95. The standard InChI is InChI=1S/C17H20N4O6S3/c1-30(25,26)18-7-12-10-29-16(19-12)15-6-14(28)8-20(15)17(22)27-9-11-2-4-13(5-3-11)21(23)24/h2-5,10,14-15,18,28H,6-9H2,1H3/t14-,15-/m0/s1. The molecule has 1 amide bonds. The van der Waals surface area contributed by atoms with Gasteiger partial charge in [0.1, 0.15) is 11.6 Å². The van der Waals surface area contributed by atoms with Crippen LogP contribution in [-0.2, 0) is 27.9 Å². The van der Waals surface area contributed by atoms with Gasteiger partial charge in [0.15, 0.2) is 0 Å². The van der Waals surface area contributed by atoms with E-state index in [-0.39, 0.29) is 30.1 Å².